The van der Waals surface area contributed by atoms with Gasteiger partial charge in [-0.15, -0.1) is 0 Å². The van der Waals surface area contributed by atoms with E-state index in [1.807, 2.05) is 0 Å². The zero-order valence-electron chi connectivity index (χ0n) is 16.7. The molecule has 0 spiro atoms. The van der Waals surface area contributed by atoms with Gasteiger partial charge >= 0.3 is 0 Å². The maximum Gasteiger partial charge on any atom is 0.0485 e. The summed E-state index contributed by atoms with van der Waals surface area (Å²) in [5, 5.41) is 3.73. The lowest BCUT2D eigenvalue weighted by molar-refractivity contribution is 0.525. The Balaban J connectivity index is 1.33. The minimum Gasteiger partial charge on any atom is -0.379 e. The number of benzene rings is 2. The van der Waals surface area contributed by atoms with Gasteiger partial charge in [0, 0.05) is 17.1 Å². The molecule has 0 aliphatic heterocycles. The van der Waals surface area contributed by atoms with Gasteiger partial charge in [-0.1, -0.05) is 86.2 Å². The summed E-state index contributed by atoms with van der Waals surface area (Å²) in [6, 6.07) is 19.7. The highest BCUT2D eigenvalue weighted by atomic mass is 14.9. The van der Waals surface area contributed by atoms with E-state index < -0.39 is 0 Å². The zero-order chi connectivity index (χ0) is 19.1. The highest BCUT2D eigenvalue weighted by Crippen LogP contribution is 2.53. The second kappa shape index (κ2) is 6.67. The lowest BCUT2D eigenvalue weighted by Crippen LogP contribution is -2.25. The molecule has 0 bridgehead atoms. The quantitative estimate of drug-likeness (QED) is 0.613. The molecular weight excluding hydrogens is 338 g/mol. The fourth-order valence-corrected chi connectivity index (χ4v) is 4.98. The summed E-state index contributed by atoms with van der Waals surface area (Å²) in [5.74, 6) is 0. The minimum absolute atomic E-state index is 0.156. The van der Waals surface area contributed by atoms with Gasteiger partial charge in [-0.3, -0.25) is 0 Å². The molecule has 2 aromatic carbocycles. The van der Waals surface area contributed by atoms with Crippen LogP contribution in [0.1, 0.15) is 33.1 Å². The first-order chi connectivity index (χ1) is 13.6. The Hall–Kier alpha value is -2.80. The largest absolute Gasteiger partial charge is 0.379 e. The summed E-state index contributed by atoms with van der Waals surface area (Å²) in [6.45, 7) is 4.79. The van der Waals surface area contributed by atoms with E-state index in [2.05, 4.69) is 98.1 Å². The van der Waals surface area contributed by atoms with Gasteiger partial charge in [-0.25, -0.2) is 0 Å². The van der Waals surface area contributed by atoms with Crippen LogP contribution in [0.2, 0.25) is 0 Å². The van der Waals surface area contributed by atoms with Crippen LogP contribution in [0.3, 0.4) is 0 Å². The summed E-state index contributed by atoms with van der Waals surface area (Å²) in [5.41, 5.74) is 10.1. The summed E-state index contributed by atoms with van der Waals surface area (Å²) in [7, 11) is 0. The molecule has 0 saturated heterocycles. The van der Waals surface area contributed by atoms with Crippen molar-refractivity contribution in [3.63, 3.8) is 0 Å². The molecule has 0 heterocycles. The first-order valence-corrected chi connectivity index (χ1v) is 10.4. The Morgan fingerprint density at radius 2 is 1.64 bits per heavy atom. The van der Waals surface area contributed by atoms with Crippen molar-refractivity contribution in [2.45, 2.75) is 39.2 Å². The van der Waals surface area contributed by atoms with Gasteiger partial charge in [0.2, 0.25) is 0 Å². The molecule has 0 amide bonds. The molecule has 0 fully saturated rings. The van der Waals surface area contributed by atoms with Crippen molar-refractivity contribution in [1.29, 1.82) is 0 Å². The second-order valence-electron chi connectivity index (χ2n) is 8.61. The molecule has 0 saturated carbocycles. The van der Waals surface area contributed by atoms with Crippen LogP contribution in [0.25, 0.3) is 11.1 Å². The Morgan fingerprint density at radius 1 is 0.893 bits per heavy atom. The van der Waals surface area contributed by atoms with E-state index in [-0.39, 0.29) is 5.41 Å². The maximum absolute atomic E-state index is 3.73. The van der Waals surface area contributed by atoms with Crippen LogP contribution in [0.4, 0.5) is 5.69 Å². The van der Waals surface area contributed by atoms with Crippen LogP contribution >= 0.6 is 0 Å². The molecule has 2 aromatic rings. The van der Waals surface area contributed by atoms with Gasteiger partial charge in [0.05, 0.1) is 0 Å². The Bertz CT molecular complexity index is 1010. The van der Waals surface area contributed by atoms with E-state index in [4.69, 9.17) is 0 Å². The smallest absolute Gasteiger partial charge is 0.0485 e. The monoisotopic (exact) mass is 365 g/mol. The molecule has 5 rings (SSSR count). The average molecular weight is 366 g/mol. The first-order valence-electron chi connectivity index (χ1n) is 10.4. The summed E-state index contributed by atoms with van der Waals surface area (Å²) >= 11 is 0. The fraction of sp³-hybridized carbons (Fsp3) is 0.259. The molecule has 1 heteroatoms. The Morgan fingerprint density at radius 3 is 2.43 bits per heavy atom. The maximum atomic E-state index is 3.73. The van der Waals surface area contributed by atoms with Crippen LogP contribution in [0.5, 0.6) is 0 Å². The predicted molar refractivity (Wildman–Crippen MR) is 119 cm³/mol. The van der Waals surface area contributed by atoms with Crippen LogP contribution in [0, 0.1) is 5.41 Å². The molecule has 1 atom stereocenters. The molecule has 140 valence electrons. The van der Waals surface area contributed by atoms with Gasteiger partial charge in [0.15, 0.2) is 0 Å². The zero-order valence-corrected chi connectivity index (χ0v) is 16.7. The number of anilines is 1. The molecule has 0 aromatic heterocycles. The second-order valence-corrected chi connectivity index (χ2v) is 8.61. The van der Waals surface area contributed by atoms with Crippen LogP contribution in [-0.4, -0.2) is 6.04 Å². The summed E-state index contributed by atoms with van der Waals surface area (Å²) in [4.78, 5) is 0. The van der Waals surface area contributed by atoms with E-state index >= 15 is 0 Å². The number of fused-ring (bicyclic) bond motifs is 1. The standard InChI is InChI=1S/C27H27N/c1-27(2)25-11-7-6-10-23(25)24-17-16-22(18-26(24)27)28-21-14-12-20(13-15-21)19-8-4-3-5-9-19/h3-5,7-9,11-17,22,28H,6,10,18H2,1-2H3. The lowest BCUT2D eigenvalue weighted by atomic mass is 9.76. The highest BCUT2D eigenvalue weighted by Gasteiger charge is 2.40. The summed E-state index contributed by atoms with van der Waals surface area (Å²) in [6.07, 6.45) is 12.9. The third-order valence-corrected chi connectivity index (χ3v) is 6.51. The van der Waals surface area contributed by atoms with Crippen molar-refractivity contribution < 1.29 is 0 Å². The van der Waals surface area contributed by atoms with E-state index in [0.29, 0.717) is 6.04 Å². The minimum atomic E-state index is 0.156. The van der Waals surface area contributed by atoms with E-state index in [0.717, 1.165) is 6.42 Å². The van der Waals surface area contributed by atoms with E-state index in [9.17, 15) is 0 Å². The number of hydrogen-bond donors (Lipinski definition) is 1. The van der Waals surface area contributed by atoms with Crippen molar-refractivity contribution in [2.75, 3.05) is 5.32 Å². The van der Waals surface area contributed by atoms with Gasteiger partial charge in [-0.2, -0.15) is 0 Å². The molecule has 1 nitrogen and oxygen atoms in total. The Labute approximate surface area is 168 Å². The van der Waals surface area contributed by atoms with Crippen molar-refractivity contribution in [3.8, 4) is 11.1 Å². The van der Waals surface area contributed by atoms with Gasteiger partial charge in [0.25, 0.3) is 0 Å². The average Bonchev–Trinajstić information content (AvgIpc) is 2.97. The molecule has 0 radical (unpaired) electrons. The number of hydrogen-bond acceptors (Lipinski definition) is 1. The molecule has 3 aliphatic rings. The van der Waals surface area contributed by atoms with Gasteiger partial charge < -0.3 is 5.32 Å². The SMILES string of the molecule is CC1(C)C2=C(CCC=C2)C2=C1CC(Nc1ccc(-c3ccccc3)cc1)C=C2. The Kier molecular flexibility index (Phi) is 4.12. The van der Waals surface area contributed by atoms with Crippen LogP contribution in [-0.2, 0) is 0 Å². The topological polar surface area (TPSA) is 12.0 Å². The van der Waals surface area contributed by atoms with E-state index in [1.54, 1.807) is 16.7 Å². The van der Waals surface area contributed by atoms with E-state index in [1.165, 1.54) is 35.2 Å². The molecule has 28 heavy (non-hydrogen) atoms. The molecular formula is C27H27N. The third-order valence-electron chi connectivity index (χ3n) is 6.51. The summed E-state index contributed by atoms with van der Waals surface area (Å²) < 4.78 is 0. The predicted octanol–water partition coefficient (Wildman–Crippen LogP) is 7.08. The van der Waals surface area contributed by atoms with Crippen molar-refractivity contribution in [3.05, 3.63) is 101 Å². The molecule has 3 aliphatic carbocycles. The van der Waals surface area contributed by atoms with Crippen molar-refractivity contribution in [2.24, 2.45) is 5.41 Å². The third kappa shape index (κ3) is 2.86. The highest BCUT2D eigenvalue weighted by molar-refractivity contribution is 5.67. The van der Waals surface area contributed by atoms with Crippen molar-refractivity contribution in [1.82, 2.24) is 0 Å². The molecule has 1 unspecified atom stereocenters. The number of allylic oxidation sites excluding steroid dienone is 6. The fourth-order valence-electron chi connectivity index (χ4n) is 4.98. The van der Waals surface area contributed by atoms with Gasteiger partial charge in [-0.05, 0) is 59.2 Å². The van der Waals surface area contributed by atoms with Crippen LogP contribution < -0.4 is 5.32 Å². The van der Waals surface area contributed by atoms with Crippen LogP contribution in [0.15, 0.2) is 101 Å². The lowest BCUT2D eigenvalue weighted by Gasteiger charge is -2.31. The molecule has 1 N–H and O–H groups in total. The van der Waals surface area contributed by atoms with Gasteiger partial charge in [0.1, 0.15) is 0 Å². The van der Waals surface area contributed by atoms with Crippen molar-refractivity contribution >= 4 is 5.69 Å². The first kappa shape index (κ1) is 17.3. The normalized spacial score (nSPS) is 22.3. The number of rotatable bonds is 3. The number of nitrogens with one attached hydrogen (secondary N) is 1.